The van der Waals surface area contributed by atoms with Crippen molar-refractivity contribution in [3.8, 4) is 0 Å². The van der Waals surface area contributed by atoms with Crippen LogP contribution in [0.25, 0.3) is 0 Å². The maximum absolute atomic E-state index is 9.92. The third-order valence-corrected chi connectivity index (χ3v) is 0.603. The van der Waals surface area contributed by atoms with Gasteiger partial charge in [-0.25, -0.2) is 4.79 Å². The first-order valence-electron chi connectivity index (χ1n) is 1.85. The fourth-order valence-electron chi connectivity index (χ4n) is 0.278. The first-order chi connectivity index (χ1) is 3.80. The second-order valence-electron chi connectivity index (χ2n) is 1.12. The van der Waals surface area contributed by atoms with Crippen LogP contribution in [0.1, 0.15) is 0 Å². The third-order valence-electron chi connectivity index (χ3n) is 0.603. The number of aliphatic carboxylic acids is 1. The van der Waals surface area contributed by atoms with Crippen LogP contribution in [-0.2, 0) is 4.79 Å². The lowest BCUT2D eigenvalue weighted by Crippen LogP contribution is -2.11. The van der Waals surface area contributed by atoms with E-state index in [0.717, 1.165) is 6.21 Å². The summed E-state index contributed by atoms with van der Waals surface area (Å²) in [7, 11) is 0. The van der Waals surface area contributed by atoms with E-state index in [1.54, 1.807) is 0 Å². The summed E-state index contributed by atoms with van der Waals surface area (Å²) in [6, 6.07) is 0. The van der Waals surface area contributed by atoms with E-state index in [-0.39, 0.29) is 5.71 Å². The van der Waals surface area contributed by atoms with Gasteiger partial charge < -0.3 is 5.11 Å². The molecular weight excluding hydrogens is 110 g/mol. The van der Waals surface area contributed by atoms with Crippen molar-refractivity contribution in [1.29, 1.82) is 0 Å². The lowest BCUT2D eigenvalue weighted by molar-refractivity contribution is -0.129. The number of carboxylic acids is 1. The molecule has 0 spiro atoms. The first-order valence-corrected chi connectivity index (χ1v) is 1.85. The molecule has 0 amide bonds. The SMILES string of the molecule is O=C(O)C1=N[N]N=C1. The lowest BCUT2D eigenvalue weighted by atomic mass is 10.4. The highest BCUT2D eigenvalue weighted by Crippen LogP contribution is 1.81. The van der Waals surface area contributed by atoms with Crippen LogP contribution in [0, 0.1) is 0 Å². The molecule has 0 bridgehead atoms. The average molecular weight is 112 g/mol. The number of rotatable bonds is 1. The molecule has 1 heterocycles. The molecule has 0 saturated heterocycles. The highest BCUT2D eigenvalue weighted by atomic mass is 16.4. The predicted molar refractivity (Wildman–Crippen MR) is 25.7 cm³/mol. The average Bonchev–Trinajstić information content (AvgIpc) is 2.12. The van der Waals surface area contributed by atoms with Gasteiger partial charge in [0.25, 0.3) is 0 Å². The molecule has 1 aliphatic rings. The molecule has 1 rings (SSSR count). The van der Waals surface area contributed by atoms with Gasteiger partial charge in [-0.2, -0.15) is 0 Å². The number of hydrogen-bond donors (Lipinski definition) is 1. The second kappa shape index (κ2) is 1.61. The maximum Gasteiger partial charge on any atom is 0.358 e. The second-order valence-corrected chi connectivity index (χ2v) is 1.12. The third kappa shape index (κ3) is 0.651. The normalized spacial score (nSPS) is 15.2. The predicted octanol–water partition coefficient (Wildman–Crippen LogP) is -0.969. The summed E-state index contributed by atoms with van der Waals surface area (Å²) >= 11 is 0. The topological polar surface area (TPSA) is 76.1 Å². The first kappa shape index (κ1) is 4.76. The van der Waals surface area contributed by atoms with Crippen molar-refractivity contribution < 1.29 is 9.90 Å². The Kier molecular flexibility index (Phi) is 0.957. The van der Waals surface area contributed by atoms with Gasteiger partial charge in [-0.05, 0) is 5.53 Å². The van der Waals surface area contributed by atoms with Crippen molar-refractivity contribution >= 4 is 17.9 Å². The van der Waals surface area contributed by atoms with Crippen LogP contribution >= 0.6 is 0 Å². The minimum atomic E-state index is -1.10. The summed E-state index contributed by atoms with van der Waals surface area (Å²) in [6.07, 6.45) is 1.09. The van der Waals surface area contributed by atoms with Gasteiger partial charge in [0.1, 0.15) is 0 Å². The van der Waals surface area contributed by atoms with Gasteiger partial charge in [0.2, 0.25) is 0 Å². The van der Waals surface area contributed by atoms with Gasteiger partial charge in [0.15, 0.2) is 5.71 Å². The van der Waals surface area contributed by atoms with Crippen LogP contribution in [0.4, 0.5) is 0 Å². The van der Waals surface area contributed by atoms with E-state index < -0.39 is 5.97 Å². The van der Waals surface area contributed by atoms with E-state index in [2.05, 4.69) is 15.7 Å². The smallest absolute Gasteiger partial charge is 0.358 e. The van der Waals surface area contributed by atoms with Gasteiger partial charge in [-0.15, -0.1) is 10.2 Å². The molecular formula is C3H2N3O2. The number of carboxylic acid groups (broad SMARTS) is 1. The maximum atomic E-state index is 9.92. The van der Waals surface area contributed by atoms with E-state index >= 15 is 0 Å². The highest BCUT2D eigenvalue weighted by molar-refractivity contribution is 6.59. The molecule has 1 radical (unpaired) electrons. The fourth-order valence-corrected chi connectivity index (χ4v) is 0.278. The summed E-state index contributed by atoms with van der Waals surface area (Å²) in [5.74, 6) is -1.10. The Morgan fingerprint density at radius 3 is 2.75 bits per heavy atom. The van der Waals surface area contributed by atoms with Crippen molar-refractivity contribution in [2.45, 2.75) is 0 Å². The zero-order chi connectivity index (χ0) is 5.98. The molecule has 5 heteroatoms. The summed E-state index contributed by atoms with van der Waals surface area (Å²) < 4.78 is 0. The van der Waals surface area contributed by atoms with E-state index in [1.807, 2.05) is 0 Å². The molecule has 41 valence electrons. The van der Waals surface area contributed by atoms with E-state index in [4.69, 9.17) is 5.11 Å². The van der Waals surface area contributed by atoms with Crippen molar-refractivity contribution in [2.24, 2.45) is 10.2 Å². The number of hydrogen-bond acceptors (Lipinski definition) is 3. The molecule has 5 nitrogen and oxygen atoms in total. The number of carbonyl (C=O) groups is 1. The molecule has 0 aromatic rings. The Morgan fingerprint density at radius 1 is 1.75 bits per heavy atom. The summed E-state index contributed by atoms with van der Waals surface area (Å²) in [4.78, 5) is 9.92. The van der Waals surface area contributed by atoms with Gasteiger partial charge in [0, 0.05) is 0 Å². The Morgan fingerprint density at radius 2 is 2.50 bits per heavy atom. The molecule has 1 aliphatic heterocycles. The quantitative estimate of drug-likeness (QED) is 0.473. The fraction of sp³-hybridized carbons (Fsp3) is 0. The van der Waals surface area contributed by atoms with Gasteiger partial charge in [0.05, 0.1) is 6.21 Å². The molecule has 8 heavy (non-hydrogen) atoms. The molecule has 0 unspecified atom stereocenters. The molecule has 1 N–H and O–H groups in total. The molecule has 0 aromatic carbocycles. The molecule has 0 saturated carbocycles. The molecule has 0 aliphatic carbocycles. The monoisotopic (exact) mass is 112 g/mol. The zero-order valence-corrected chi connectivity index (χ0v) is 3.77. The van der Waals surface area contributed by atoms with Crippen molar-refractivity contribution in [1.82, 2.24) is 5.53 Å². The molecule has 0 aromatic heterocycles. The summed E-state index contributed by atoms with van der Waals surface area (Å²) in [5.41, 5.74) is 2.94. The van der Waals surface area contributed by atoms with Crippen LogP contribution in [-0.4, -0.2) is 23.0 Å². The van der Waals surface area contributed by atoms with Crippen LogP contribution in [0.5, 0.6) is 0 Å². The molecule has 0 atom stereocenters. The standard InChI is InChI=1S/C3H2N3O2/c7-3(8)2-1-4-6-5-2/h1H,(H,7,8). The van der Waals surface area contributed by atoms with Gasteiger partial charge >= 0.3 is 5.97 Å². The van der Waals surface area contributed by atoms with Gasteiger partial charge in [-0.3, -0.25) is 0 Å². The van der Waals surface area contributed by atoms with Crippen molar-refractivity contribution in [3.63, 3.8) is 0 Å². The minimum absolute atomic E-state index is 0.120. The number of nitrogens with zero attached hydrogens (tertiary/aromatic N) is 3. The minimum Gasteiger partial charge on any atom is -0.476 e. The van der Waals surface area contributed by atoms with Crippen molar-refractivity contribution in [3.05, 3.63) is 0 Å². The van der Waals surface area contributed by atoms with Crippen molar-refractivity contribution in [2.75, 3.05) is 0 Å². The largest absolute Gasteiger partial charge is 0.476 e. The zero-order valence-electron chi connectivity index (χ0n) is 3.77. The van der Waals surface area contributed by atoms with Crippen LogP contribution in [0.2, 0.25) is 0 Å². The lowest BCUT2D eigenvalue weighted by Gasteiger charge is -1.77. The highest BCUT2D eigenvalue weighted by Gasteiger charge is 2.09. The van der Waals surface area contributed by atoms with Crippen LogP contribution in [0.3, 0.4) is 0 Å². The van der Waals surface area contributed by atoms with Crippen LogP contribution in [0.15, 0.2) is 10.2 Å². The van der Waals surface area contributed by atoms with Crippen LogP contribution < -0.4 is 5.53 Å². The van der Waals surface area contributed by atoms with E-state index in [1.165, 1.54) is 0 Å². The van der Waals surface area contributed by atoms with E-state index in [0.29, 0.717) is 0 Å². The Labute approximate surface area is 44.7 Å². The Bertz CT molecular complexity index is 171. The summed E-state index contributed by atoms with van der Waals surface area (Å²) in [6.45, 7) is 0. The van der Waals surface area contributed by atoms with Gasteiger partial charge in [-0.1, -0.05) is 0 Å². The Balaban J connectivity index is 2.72. The Hall–Kier alpha value is -1.39. The molecule has 0 fully saturated rings. The van der Waals surface area contributed by atoms with E-state index in [9.17, 15) is 4.79 Å². The summed E-state index contributed by atoms with van der Waals surface area (Å²) in [5, 5.41) is 14.5.